The van der Waals surface area contributed by atoms with Gasteiger partial charge in [0.1, 0.15) is 22.8 Å². The maximum absolute atomic E-state index is 15.7. The van der Waals surface area contributed by atoms with Crippen molar-refractivity contribution in [1.29, 1.82) is 0 Å². The molecule has 0 aliphatic heterocycles. The molecule has 1 aliphatic carbocycles. The van der Waals surface area contributed by atoms with Crippen LogP contribution in [0.3, 0.4) is 0 Å². The summed E-state index contributed by atoms with van der Waals surface area (Å²) in [5, 5.41) is 0. The van der Waals surface area contributed by atoms with Gasteiger partial charge in [-0.25, -0.2) is 0 Å². The number of hydrogen-bond acceptors (Lipinski definition) is 3. The first-order valence-electron chi connectivity index (χ1n) is 11.8. The van der Waals surface area contributed by atoms with Crippen molar-refractivity contribution in [2.24, 2.45) is 5.92 Å². The van der Waals surface area contributed by atoms with Gasteiger partial charge in [0.2, 0.25) is 17.4 Å². The minimum absolute atomic E-state index is 0.0190. The maximum Gasteiger partial charge on any atom is 0.423 e. The van der Waals surface area contributed by atoms with Crippen molar-refractivity contribution in [1.82, 2.24) is 0 Å². The second kappa shape index (κ2) is 11.4. The molecule has 1 atom stereocenters. The summed E-state index contributed by atoms with van der Waals surface area (Å²) in [5.41, 5.74) is -0.462. The van der Waals surface area contributed by atoms with E-state index in [4.69, 9.17) is 14.2 Å². The lowest BCUT2D eigenvalue weighted by atomic mass is 10.0. The van der Waals surface area contributed by atoms with Gasteiger partial charge in [0, 0.05) is 0 Å². The Hall–Kier alpha value is -4.59. The molecule has 8 heteroatoms. The van der Waals surface area contributed by atoms with Crippen LogP contribution in [0, 0.1) is 17.6 Å². The van der Waals surface area contributed by atoms with Gasteiger partial charge in [0.15, 0.2) is 11.5 Å². The first kappa shape index (κ1) is 27.4. The van der Waals surface area contributed by atoms with Crippen molar-refractivity contribution in [2.75, 3.05) is 0 Å². The van der Waals surface area contributed by atoms with Crippen LogP contribution < -0.4 is 14.2 Å². The Morgan fingerprint density at radius 3 is 1.56 bits per heavy atom. The summed E-state index contributed by atoms with van der Waals surface area (Å²) in [6, 6.07) is 11.4. The molecule has 0 radical (unpaired) electrons. The van der Waals surface area contributed by atoms with E-state index >= 15 is 8.78 Å². The highest BCUT2D eigenvalue weighted by molar-refractivity contribution is 5.58. The average molecular weight is 539 g/mol. The van der Waals surface area contributed by atoms with Crippen molar-refractivity contribution in [3.8, 4) is 28.7 Å². The van der Waals surface area contributed by atoms with Crippen molar-refractivity contribution in [3.63, 3.8) is 0 Å². The number of ether oxygens (including phenoxy) is 3. The zero-order valence-corrected chi connectivity index (χ0v) is 20.6. The van der Waals surface area contributed by atoms with Gasteiger partial charge in [-0.05, 0) is 59.9 Å². The van der Waals surface area contributed by atoms with E-state index in [1.54, 1.807) is 18.2 Å². The fourth-order valence-electron chi connectivity index (χ4n) is 3.73. The fraction of sp³-hybridized carbons (Fsp3) is 0.0968. The zero-order valence-electron chi connectivity index (χ0n) is 20.6. The summed E-state index contributed by atoms with van der Waals surface area (Å²) in [6.07, 6.45) is 4.56. The minimum atomic E-state index is -5.27. The molecule has 0 saturated carbocycles. The van der Waals surface area contributed by atoms with E-state index in [9.17, 15) is 13.2 Å². The highest BCUT2D eigenvalue weighted by Crippen LogP contribution is 2.51. The van der Waals surface area contributed by atoms with Gasteiger partial charge in [-0.1, -0.05) is 61.7 Å². The Bertz CT molecular complexity index is 1370. The van der Waals surface area contributed by atoms with Gasteiger partial charge >= 0.3 is 6.18 Å². The Labute approximate surface area is 222 Å². The minimum Gasteiger partial charge on any atom is -0.453 e. The number of alkyl halides is 3. The predicted octanol–water partition coefficient (Wildman–Crippen LogP) is 9.88. The molecule has 0 amide bonds. The maximum atomic E-state index is 15.7. The summed E-state index contributed by atoms with van der Waals surface area (Å²) < 4.78 is 90.8. The number of halogens is 5. The molecule has 0 heterocycles. The topological polar surface area (TPSA) is 27.7 Å². The Morgan fingerprint density at radius 1 is 0.718 bits per heavy atom. The molecule has 4 rings (SSSR count). The molecular weight excluding hydrogens is 515 g/mol. The molecule has 0 spiro atoms. The third kappa shape index (κ3) is 6.12. The molecular formula is C31H23F5O3. The molecule has 3 nitrogen and oxygen atoms in total. The van der Waals surface area contributed by atoms with E-state index in [1.165, 1.54) is 66.8 Å². The molecule has 39 heavy (non-hydrogen) atoms. The smallest absolute Gasteiger partial charge is 0.423 e. The molecule has 0 N–H and O–H groups in total. The summed E-state index contributed by atoms with van der Waals surface area (Å²) in [7, 11) is 0. The van der Waals surface area contributed by atoms with Crippen LogP contribution in [0.15, 0.2) is 98.3 Å². The standard InChI is InChI=1S/C31H23F5O3/c1-4-19-7-13-22(14-8-19)37-28-25(31(34,35)36)29(38-23-15-9-20(5-2)10-16-23)27(33)30(26(28)32)39-24-17-11-21(6-3)12-18-24/h4-11,13-18,21H,1-3,12H2. The molecule has 1 unspecified atom stereocenters. The summed E-state index contributed by atoms with van der Waals surface area (Å²) >= 11 is 0. The van der Waals surface area contributed by atoms with Crippen molar-refractivity contribution in [3.05, 3.63) is 127 Å². The second-order valence-electron chi connectivity index (χ2n) is 8.44. The lowest BCUT2D eigenvalue weighted by Gasteiger charge is -2.22. The summed E-state index contributed by atoms with van der Waals surface area (Å²) in [5.74, 6) is -7.30. The Kier molecular flexibility index (Phi) is 8.04. The van der Waals surface area contributed by atoms with E-state index in [1.807, 2.05) is 0 Å². The molecule has 200 valence electrons. The van der Waals surface area contributed by atoms with Gasteiger partial charge in [-0.3, -0.25) is 0 Å². The van der Waals surface area contributed by atoms with Crippen molar-refractivity contribution >= 4 is 12.2 Å². The highest BCUT2D eigenvalue weighted by atomic mass is 19.4. The third-order valence-electron chi connectivity index (χ3n) is 5.83. The predicted molar refractivity (Wildman–Crippen MR) is 141 cm³/mol. The van der Waals surface area contributed by atoms with Crippen LogP contribution in [0.4, 0.5) is 22.0 Å². The second-order valence-corrected chi connectivity index (χ2v) is 8.44. The van der Waals surface area contributed by atoms with E-state index in [0.717, 1.165) is 0 Å². The van der Waals surface area contributed by atoms with Gasteiger partial charge in [-0.15, -0.1) is 6.58 Å². The van der Waals surface area contributed by atoms with Crippen LogP contribution in [0.5, 0.6) is 28.7 Å². The van der Waals surface area contributed by atoms with E-state index in [2.05, 4.69) is 19.7 Å². The fourth-order valence-corrected chi connectivity index (χ4v) is 3.73. The molecule has 3 aromatic rings. The first-order valence-corrected chi connectivity index (χ1v) is 11.8. The lowest BCUT2D eigenvalue weighted by molar-refractivity contribution is -0.140. The van der Waals surface area contributed by atoms with E-state index < -0.39 is 40.6 Å². The molecule has 0 saturated heterocycles. The molecule has 0 fully saturated rings. The molecule has 1 aliphatic rings. The van der Waals surface area contributed by atoms with Crippen LogP contribution in [-0.4, -0.2) is 0 Å². The number of allylic oxidation sites excluding steroid dienone is 4. The monoisotopic (exact) mass is 538 g/mol. The normalized spacial score (nSPS) is 14.8. The average Bonchev–Trinajstić information content (AvgIpc) is 2.94. The SMILES string of the molecule is C=Cc1ccc(Oc2c(F)c(OC3=CCC(C=C)C=C3)c(F)c(Oc3ccc(C=C)cc3)c2C(F)(F)F)cc1. The highest BCUT2D eigenvalue weighted by Gasteiger charge is 2.44. The number of hydrogen-bond donors (Lipinski definition) is 0. The van der Waals surface area contributed by atoms with Crippen LogP contribution >= 0.6 is 0 Å². The van der Waals surface area contributed by atoms with E-state index in [0.29, 0.717) is 17.5 Å². The van der Waals surface area contributed by atoms with Crippen molar-refractivity contribution in [2.45, 2.75) is 12.6 Å². The number of benzene rings is 3. The van der Waals surface area contributed by atoms with Gasteiger partial charge in [0.05, 0.1) is 0 Å². The van der Waals surface area contributed by atoms with Crippen LogP contribution in [0.1, 0.15) is 23.1 Å². The van der Waals surface area contributed by atoms with Crippen LogP contribution in [0.25, 0.3) is 12.2 Å². The molecule has 0 bridgehead atoms. The van der Waals surface area contributed by atoms with Gasteiger partial charge in [-0.2, -0.15) is 22.0 Å². The summed E-state index contributed by atoms with van der Waals surface area (Å²) in [6.45, 7) is 10.9. The Balaban J connectivity index is 1.89. The number of rotatable bonds is 9. The van der Waals surface area contributed by atoms with Crippen LogP contribution in [-0.2, 0) is 6.18 Å². The van der Waals surface area contributed by atoms with Gasteiger partial charge in [0.25, 0.3) is 0 Å². The van der Waals surface area contributed by atoms with Crippen molar-refractivity contribution < 1.29 is 36.2 Å². The largest absolute Gasteiger partial charge is 0.453 e. The van der Waals surface area contributed by atoms with Gasteiger partial charge < -0.3 is 14.2 Å². The zero-order chi connectivity index (χ0) is 28.2. The summed E-state index contributed by atoms with van der Waals surface area (Å²) in [4.78, 5) is 0. The molecule has 3 aromatic carbocycles. The van der Waals surface area contributed by atoms with E-state index in [-0.39, 0.29) is 23.2 Å². The Morgan fingerprint density at radius 2 is 1.21 bits per heavy atom. The quantitative estimate of drug-likeness (QED) is 0.200. The molecule has 0 aromatic heterocycles. The first-order chi connectivity index (χ1) is 18.6. The van der Waals surface area contributed by atoms with Crippen LogP contribution in [0.2, 0.25) is 0 Å². The third-order valence-corrected chi connectivity index (χ3v) is 5.83. The lowest BCUT2D eigenvalue weighted by Crippen LogP contribution is -2.14.